The topological polar surface area (TPSA) is 166 Å². The summed E-state index contributed by atoms with van der Waals surface area (Å²) in [5.41, 5.74) is 2.44. The van der Waals surface area contributed by atoms with E-state index in [2.05, 4.69) is 5.10 Å². The first kappa shape index (κ1) is 25.9. The van der Waals surface area contributed by atoms with Crippen molar-refractivity contribution in [3.63, 3.8) is 0 Å². The Labute approximate surface area is 182 Å². The first-order chi connectivity index (χ1) is 14.3. The summed E-state index contributed by atoms with van der Waals surface area (Å²) >= 11 is 1.00. The van der Waals surface area contributed by atoms with Crippen LogP contribution in [0.2, 0.25) is 0 Å². The predicted octanol–water partition coefficient (Wildman–Crippen LogP) is 0.113. The van der Waals surface area contributed by atoms with Gasteiger partial charge in [0, 0.05) is 12.7 Å². The van der Waals surface area contributed by atoms with E-state index >= 15 is 0 Å². The summed E-state index contributed by atoms with van der Waals surface area (Å²) < 4.78 is 45.1. The van der Waals surface area contributed by atoms with Gasteiger partial charge in [0.2, 0.25) is 0 Å². The van der Waals surface area contributed by atoms with Gasteiger partial charge in [-0.3, -0.25) is 18.6 Å². The van der Waals surface area contributed by atoms with Crippen LogP contribution in [0, 0.1) is 5.82 Å². The van der Waals surface area contributed by atoms with Gasteiger partial charge in [0.05, 0.1) is 19.4 Å². The van der Waals surface area contributed by atoms with Crippen LogP contribution < -0.4 is 5.73 Å². The Morgan fingerprint density at radius 1 is 1.48 bits per heavy atom. The number of nitrogens with zero attached hydrogens (tertiary/aromatic N) is 3. The van der Waals surface area contributed by atoms with Gasteiger partial charge in [-0.05, 0) is 21.0 Å². The Balaban J connectivity index is 2.09. The molecular formula is C16H26FN4O8PS. The number of nitrogens with two attached hydrogens (primary N) is 1. The number of rotatable bonds is 10. The lowest BCUT2D eigenvalue weighted by Crippen LogP contribution is -2.44. The third-order valence-electron chi connectivity index (χ3n) is 4.45. The molecule has 1 aromatic rings. The fraction of sp³-hybridized carbons (Fsp3) is 0.688. The number of hydrogen-bond donors (Lipinski definition) is 3. The molecule has 2 heterocycles. The van der Waals surface area contributed by atoms with Crippen molar-refractivity contribution in [2.24, 2.45) is 5.73 Å². The zero-order valence-electron chi connectivity index (χ0n) is 17.4. The van der Waals surface area contributed by atoms with Crippen LogP contribution in [0.1, 0.15) is 30.6 Å². The van der Waals surface area contributed by atoms with E-state index in [1.165, 1.54) is 32.6 Å². The smallest absolute Gasteiger partial charge is 0.387 e. The average molecular weight is 484 g/mol. The van der Waals surface area contributed by atoms with Gasteiger partial charge >= 0.3 is 7.75 Å². The highest BCUT2D eigenvalue weighted by Gasteiger charge is 2.54. The van der Waals surface area contributed by atoms with E-state index < -0.39 is 55.8 Å². The lowest BCUT2D eigenvalue weighted by molar-refractivity contribution is -0.109. The first-order valence-electron chi connectivity index (χ1n) is 9.10. The molecule has 12 nitrogen and oxygen atoms in total. The lowest BCUT2D eigenvalue weighted by Gasteiger charge is -2.27. The molecular weight excluding hydrogens is 458 g/mol. The normalized spacial score (nSPS) is 28.1. The molecule has 0 saturated carbocycles. The minimum atomic E-state index is -3.79. The minimum absolute atomic E-state index is 0.0312. The lowest BCUT2D eigenvalue weighted by atomic mass is 9.97. The fourth-order valence-electron chi connectivity index (χ4n) is 2.79. The SMILES string of the molecule is CC(=O)SCCOP(=O)(OC[C@H]1O[C@@H](n2cc(F)c(C(N)=O)n2)[C@@](C)(O)C1O)N(C)C. The number of carbonyl (C=O) groups is 2. The van der Waals surface area contributed by atoms with Gasteiger partial charge in [0.1, 0.15) is 17.8 Å². The summed E-state index contributed by atoms with van der Waals surface area (Å²) in [4.78, 5) is 22.2. The van der Waals surface area contributed by atoms with Crippen molar-refractivity contribution >= 4 is 30.5 Å². The molecule has 2 unspecified atom stereocenters. The molecule has 0 bridgehead atoms. The Morgan fingerprint density at radius 3 is 2.65 bits per heavy atom. The molecule has 2 rings (SSSR count). The number of hydrogen-bond acceptors (Lipinski definition) is 10. The van der Waals surface area contributed by atoms with Crippen LogP contribution >= 0.6 is 19.5 Å². The van der Waals surface area contributed by atoms with Gasteiger partial charge in [-0.2, -0.15) is 5.10 Å². The number of carbonyl (C=O) groups excluding carboxylic acids is 2. The van der Waals surface area contributed by atoms with Crippen molar-refractivity contribution in [3.05, 3.63) is 17.7 Å². The number of aliphatic hydroxyl groups excluding tert-OH is 1. The number of aromatic nitrogens is 2. The maximum absolute atomic E-state index is 13.9. The quantitative estimate of drug-likeness (QED) is 0.305. The van der Waals surface area contributed by atoms with Crippen LogP contribution in [0.25, 0.3) is 0 Å². The summed E-state index contributed by atoms with van der Waals surface area (Å²) in [5.74, 6) is -1.86. The van der Waals surface area contributed by atoms with Crippen molar-refractivity contribution in [2.75, 3.05) is 33.1 Å². The van der Waals surface area contributed by atoms with Gasteiger partial charge < -0.3 is 20.7 Å². The molecule has 0 aliphatic carbocycles. The Hall–Kier alpha value is -1.38. The molecule has 31 heavy (non-hydrogen) atoms. The molecule has 5 atom stereocenters. The average Bonchev–Trinajstić information content (AvgIpc) is 3.15. The molecule has 0 spiro atoms. The highest BCUT2D eigenvalue weighted by atomic mass is 32.2. The second-order valence-electron chi connectivity index (χ2n) is 7.15. The summed E-state index contributed by atoms with van der Waals surface area (Å²) in [6, 6.07) is 0. The largest absolute Gasteiger partial charge is 0.407 e. The fourth-order valence-corrected chi connectivity index (χ4v) is 4.56. The summed E-state index contributed by atoms with van der Waals surface area (Å²) in [5, 5.41) is 24.7. The number of halogens is 1. The molecule has 0 aromatic carbocycles. The minimum Gasteiger partial charge on any atom is -0.387 e. The highest BCUT2D eigenvalue weighted by molar-refractivity contribution is 8.13. The highest BCUT2D eigenvalue weighted by Crippen LogP contribution is 2.51. The third kappa shape index (κ3) is 5.90. The standard InChI is InChI=1S/C16H26FN4O8PS/c1-9(22)31-6-5-27-30(26,20(3)4)28-8-11-13(23)16(2,25)15(29-11)21-7-10(17)12(19-21)14(18)24/h7,11,13,15,23,25H,5-6,8H2,1-4H3,(H2,18,24)/t11-,13?,15-,16+,30?/m1/s1. The van der Waals surface area contributed by atoms with Crippen molar-refractivity contribution in [1.82, 2.24) is 14.5 Å². The summed E-state index contributed by atoms with van der Waals surface area (Å²) in [6.45, 7) is 2.14. The van der Waals surface area contributed by atoms with Crippen molar-refractivity contribution in [1.29, 1.82) is 0 Å². The Bertz CT molecular complexity index is 867. The zero-order valence-corrected chi connectivity index (χ0v) is 19.1. The molecule has 1 aliphatic rings. The second kappa shape index (κ2) is 10.0. The molecule has 1 amide bonds. The molecule has 176 valence electrons. The van der Waals surface area contributed by atoms with E-state index in [1.807, 2.05) is 0 Å². The molecule has 1 saturated heterocycles. The monoisotopic (exact) mass is 484 g/mol. The van der Waals surface area contributed by atoms with E-state index in [9.17, 15) is 28.8 Å². The number of aliphatic hydroxyl groups is 2. The molecule has 15 heteroatoms. The zero-order chi connectivity index (χ0) is 23.6. The van der Waals surface area contributed by atoms with E-state index in [0.29, 0.717) is 0 Å². The summed E-state index contributed by atoms with van der Waals surface area (Å²) in [7, 11) is -0.868. The first-order valence-corrected chi connectivity index (χ1v) is 11.6. The number of amides is 1. The van der Waals surface area contributed by atoms with Gasteiger partial charge in [-0.1, -0.05) is 11.8 Å². The van der Waals surface area contributed by atoms with E-state index in [4.69, 9.17) is 19.5 Å². The summed E-state index contributed by atoms with van der Waals surface area (Å²) in [6.07, 6.45) is -3.31. The number of ether oxygens (including phenoxy) is 1. The van der Waals surface area contributed by atoms with Crippen LogP contribution in [0.4, 0.5) is 4.39 Å². The van der Waals surface area contributed by atoms with Crippen LogP contribution in [0.5, 0.6) is 0 Å². The maximum atomic E-state index is 13.9. The van der Waals surface area contributed by atoms with Crippen molar-refractivity contribution in [2.45, 2.75) is 37.9 Å². The van der Waals surface area contributed by atoms with Crippen LogP contribution in [0.15, 0.2) is 6.20 Å². The van der Waals surface area contributed by atoms with Crippen LogP contribution in [0.3, 0.4) is 0 Å². The van der Waals surface area contributed by atoms with E-state index in [0.717, 1.165) is 22.6 Å². The van der Waals surface area contributed by atoms with Crippen molar-refractivity contribution in [3.8, 4) is 0 Å². The van der Waals surface area contributed by atoms with Gasteiger partial charge in [-0.25, -0.2) is 18.3 Å². The van der Waals surface area contributed by atoms with E-state index in [-0.39, 0.29) is 17.5 Å². The molecule has 1 fully saturated rings. The number of primary amides is 1. The van der Waals surface area contributed by atoms with Gasteiger partial charge in [0.15, 0.2) is 22.9 Å². The van der Waals surface area contributed by atoms with E-state index in [1.54, 1.807) is 0 Å². The van der Waals surface area contributed by atoms with Gasteiger partial charge in [0.25, 0.3) is 5.91 Å². The second-order valence-corrected chi connectivity index (χ2v) is 10.7. The molecule has 0 radical (unpaired) electrons. The molecule has 1 aliphatic heterocycles. The van der Waals surface area contributed by atoms with Gasteiger partial charge in [-0.15, -0.1) is 0 Å². The van der Waals surface area contributed by atoms with Crippen molar-refractivity contribution < 1.29 is 42.5 Å². The Kier molecular flexibility index (Phi) is 8.39. The molecule has 4 N–H and O–H groups in total. The van der Waals surface area contributed by atoms with Crippen LogP contribution in [-0.4, -0.2) is 86.6 Å². The maximum Gasteiger partial charge on any atom is 0.407 e. The number of thioether (sulfide) groups is 1. The Morgan fingerprint density at radius 2 is 2.13 bits per heavy atom. The third-order valence-corrected chi connectivity index (χ3v) is 7.19. The molecule has 1 aromatic heterocycles. The predicted molar refractivity (Wildman–Crippen MR) is 108 cm³/mol. The van der Waals surface area contributed by atoms with Crippen LogP contribution in [-0.2, 0) is 23.1 Å².